The van der Waals surface area contributed by atoms with Gasteiger partial charge in [0.25, 0.3) is 5.91 Å². The fourth-order valence-corrected chi connectivity index (χ4v) is 3.33. The maximum Gasteiger partial charge on any atom is 0.338 e. The Kier molecular flexibility index (Phi) is 7.17. The fraction of sp³-hybridized carbons (Fsp3) is 0.348. The maximum absolute atomic E-state index is 13.0. The van der Waals surface area contributed by atoms with Crippen LogP contribution in [0.2, 0.25) is 0 Å². The van der Waals surface area contributed by atoms with Gasteiger partial charge in [-0.2, -0.15) is 0 Å². The summed E-state index contributed by atoms with van der Waals surface area (Å²) in [6.07, 6.45) is 1.87. The van der Waals surface area contributed by atoms with Crippen molar-refractivity contribution in [3.05, 3.63) is 65.5 Å². The number of likely N-dealkylation sites (tertiary alicyclic amines) is 1. The molecule has 2 amide bonds. The summed E-state index contributed by atoms with van der Waals surface area (Å²) in [5, 5.41) is 2.87. The Morgan fingerprint density at radius 3 is 2.20 bits per heavy atom. The molecule has 1 fully saturated rings. The number of hydrogen-bond acceptors (Lipinski definition) is 4. The van der Waals surface area contributed by atoms with Gasteiger partial charge in [0.15, 0.2) is 0 Å². The van der Waals surface area contributed by atoms with Crippen LogP contribution in [0.5, 0.6) is 0 Å². The standard InChI is InChI=1S/C23H25FN2O4/c1-2-15-30-23(29)18-5-9-20(10-6-18)25-21(27)16-11-13-26(14-12-16)22(28)17-3-7-19(24)8-4-17/h3-10,16H,2,11-15H2,1H3,(H,25,27). The van der Waals surface area contributed by atoms with Crippen molar-refractivity contribution in [1.29, 1.82) is 0 Å². The van der Waals surface area contributed by atoms with Crippen molar-refractivity contribution >= 4 is 23.5 Å². The highest BCUT2D eigenvalue weighted by Gasteiger charge is 2.28. The number of hydrogen-bond donors (Lipinski definition) is 1. The summed E-state index contributed by atoms with van der Waals surface area (Å²) in [6.45, 7) is 3.24. The van der Waals surface area contributed by atoms with E-state index < -0.39 is 0 Å². The van der Waals surface area contributed by atoms with Crippen molar-refractivity contribution in [2.75, 3.05) is 25.0 Å². The molecule has 1 aliphatic heterocycles. The third-order valence-corrected chi connectivity index (χ3v) is 5.07. The molecule has 30 heavy (non-hydrogen) atoms. The monoisotopic (exact) mass is 412 g/mol. The third kappa shape index (κ3) is 5.43. The van der Waals surface area contributed by atoms with Crippen LogP contribution in [0.25, 0.3) is 0 Å². The molecule has 1 N–H and O–H groups in total. The number of amides is 2. The SMILES string of the molecule is CCCOC(=O)c1ccc(NC(=O)C2CCN(C(=O)c3ccc(F)cc3)CC2)cc1. The molecule has 2 aromatic rings. The topological polar surface area (TPSA) is 75.7 Å². The van der Waals surface area contributed by atoms with Gasteiger partial charge < -0.3 is 15.0 Å². The van der Waals surface area contributed by atoms with E-state index in [9.17, 15) is 18.8 Å². The summed E-state index contributed by atoms with van der Waals surface area (Å²) in [7, 11) is 0. The summed E-state index contributed by atoms with van der Waals surface area (Å²) in [5.74, 6) is -1.22. The number of nitrogens with one attached hydrogen (secondary N) is 1. The number of nitrogens with zero attached hydrogens (tertiary/aromatic N) is 1. The molecule has 0 aliphatic carbocycles. The fourth-order valence-electron chi connectivity index (χ4n) is 3.33. The van der Waals surface area contributed by atoms with Gasteiger partial charge in [0.05, 0.1) is 12.2 Å². The molecule has 0 aromatic heterocycles. The van der Waals surface area contributed by atoms with Gasteiger partial charge in [-0.25, -0.2) is 9.18 Å². The second-order valence-corrected chi connectivity index (χ2v) is 7.28. The minimum Gasteiger partial charge on any atom is -0.462 e. The van der Waals surface area contributed by atoms with Gasteiger partial charge in [-0.1, -0.05) is 6.92 Å². The number of halogens is 1. The number of anilines is 1. The van der Waals surface area contributed by atoms with Gasteiger partial charge in [0.1, 0.15) is 5.82 Å². The molecule has 0 bridgehead atoms. The summed E-state index contributed by atoms with van der Waals surface area (Å²) in [6, 6.07) is 12.1. The number of rotatable bonds is 6. The van der Waals surface area contributed by atoms with Crippen LogP contribution in [0.15, 0.2) is 48.5 Å². The molecular formula is C23H25FN2O4. The average Bonchev–Trinajstić information content (AvgIpc) is 2.78. The molecule has 0 unspecified atom stereocenters. The number of benzene rings is 2. The zero-order chi connectivity index (χ0) is 21.5. The second kappa shape index (κ2) is 10.0. The lowest BCUT2D eigenvalue weighted by atomic mass is 9.95. The molecule has 158 valence electrons. The largest absolute Gasteiger partial charge is 0.462 e. The highest BCUT2D eigenvalue weighted by Crippen LogP contribution is 2.21. The molecule has 1 aliphatic rings. The Morgan fingerprint density at radius 1 is 1.00 bits per heavy atom. The highest BCUT2D eigenvalue weighted by atomic mass is 19.1. The van der Waals surface area contributed by atoms with Crippen LogP contribution in [0.3, 0.4) is 0 Å². The first kappa shape index (κ1) is 21.5. The Balaban J connectivity index is 1.50. The minimum absolute atomic E-state index is 0.106. The second-order valence-electron chi connectivity index (χ2n) is 7.28. The predicted octanol–water partition coefficient (Wildman–Crippen LogP) is 3.88. The van der Waals surface area contributed by atoms with Crippen molar-refractivity contribution in [2.45, 2.75) is 26.2 Å². The van der Waals surface area contributed by atoms with E-state index in [1.165, 1.54) is 24.3 Å². The Hall–Kier alpha value is -3.22. The molecule has 7 heteroatoms. The Morgan fingerprint density at radius 2 is 1.60 bits per heavy atom. The van der Waals surface area contributed by atoms with Gasteiger partial charge in [-0.05, 0) is 67.8 Å². The number of esters is 1. The number of ether oxygens (including phenoxy) is 1. The molecule has 0 spiro atoms. The molecule has 1 saturated heterocycles. The molecule has 0 radical (unpaired) electrons. The molecule has 0 atom stereocenters. The summed E-state index contributed by atoms with van der Waals surface area (Å²) in [5.41, 5.74) is 1.49. The van der Waals surface area contributed by atoms with Crippen LogP contribution in [0.1, 0.15) is 46.9 Å². The molecule has 3 rings (SSSR count). The average molecular weight is 412 g/mol. The predicted molar refractivity (Wildman–Crippen MR) is 111 cm³/mol. The van der Waals surface area contributed by atoms with E-state index in [2.05, 4.69) is 5.32 Å². The molecule has 6 nitrogen and oxygen atoms in total. The molecular weight excluding hydrogens is 387 g/mol. The van der Waals surface area contributed by atoms with Gasteiger partial charge >= 0.3 is 5.97 Å². The van der Waals surface area contributed by atoms with Crippen LogP contribution >= 0.6 is 0 Å². The first-order chi connectivity index (χ1) is 14.5. The lowest BCUT2D eigenvalue weighted by Gasteiger charge is -2.31. The zero-order valence-electron chi connectivity index (χ0n) is 16.9. The number of carbonyl (C=O) groups is 3. The first-order valence-electron chi connectivity index (χ1n) is 10.1. The molecule has 1 heterocycles. The first-order valence-corrected chi connectivity index (χ1v) is 10.1. The lowest BCUT2D eigenvalue weighted by molar-refractivity contribution is -0.121. The van der Waals surface area contributed by atoms with Crippen molar-refractivity contribution in [1.82, 2.24) is 4.90 Å². The van der Waals surface area contributed by atoms with Gasteiger partial charge in [-0.3, -0.25) is 9.59 Å². The van der Waals surface area contributed by atoms with E-state index in [1.54, 1.807) is 29.2 Å². The Labute approximate surface area is 175 Å². The van der Waals surface area contributed by atoms with Crippen molar-refractivity contribution in [2.24, 2.45) is 5.92 Å². The van der Waals surface area contributed by atoms with Gasteiger partial charge in [-0.15, -0.1) is 0 Å². The summed E-state index contributed by atoms with van der Waals surface area (Å²) < 4.78 is 18.1. The molecule has 2 aromatic carbocycles. The van der Waals surface area contributed by atoms with Crippen LogP contribution in [-0.4, -0.2) is 42.4 Å². The number of carbonyl (C=O) groups excluding carboxylic acids is 3. The molecule has 0 saturated carbocycles. The minimum atomic E-state index is -0.382. The number of piperidine rings is 1. The quantitative estimate of drug-likeness (QED) is 0.731. The third-order valence-electron chi connectivity index (χ3n) is 5.07. The van der Waals surface area contributed by atoms with Crippen molar-refractivity contribution in [3.8, 4) is 0 Å². The van der Waals surface area contributed by atoms with E-state index in [0.717, 1.165) is 6.42 Å². The smallest absolute Gasteiger partial charge is 0.338 e. The van der Waals surface area contributed by atoms with E-state index in [4.69, 9.17) is 4.74 Å². The zero-order valence-corrected chi connectivity index (χ0v) is 16.9. The van der Waals surface area contributed by atoms with E-state index in [-0.39, 0.29) is 29.5 Å². The van der Waals surface area contributed by atoms with E-state index in [0.29, 0.717) is 49.4 Å². The van der Waals surface area contributed by atoms with Crippen LogP contribution in [-0.2, 0) is 9.53 Å². The van der Waals surface area contributed by atoms with Gasteiger partial charge in [0.2, 0.25) is 5.91 Å². The Bertz CT molecular complexity index is 888. The highest BCUT2D eigenvalue weighted by molar-refractivity contribution is 5.96. The van der Waals surface area contributed by atoms with E-state index >= 15 is 0 Å². The summed E-state index contributed by atoms with van der Waals surface area (Å²) in [4.78, 5) is 38.6. The van der Waals surface area contributed by atoms with Crippen molar-refractivity contribution < 1.29 is 23.5 Å². The van der Waals surface area contributed by atoms with Crippen molar-refractivity contribution in [3.63, 3.8) is 0 Å². The summed E-state index contributed by atoms with van der Waals surface area (Å²) >= 11 is 0. The normalized spacial score (nSPS) is 14.3. The van der Waals surface area contributed by atoms with Gasteiger partial charge in [0, 0.05) is 30.3 Å². The van der Waals surface area contributed by atoms with Crippen LogP contribution in [0.4, 0.5) is 10.1 Å². The lowest BCUT2D eigenvalue weighted by Crippen LogP contribution is -2.41. The van der Waals surface area contributed by atoms with E-state index in [1.807, 2.05) is 6.92 Å². The van der Waals surface area contributed by atoms with Crippen LogP contribution in [0, 0.1) is 11.7 Å². The van der Waals surface area contributed by atoms with Crippen LogP contribution < -0.4 is 5.32 Å². The maximum atomic E-state index is 13.0.